The minimum atomic E-state index is -3.67. The molecule has 0 aromatic heterocycles. The van der Waals surface area contributed by atoms with E-state index in [2.05, 4.69) is 4.72 Å². The van der Waals surface area contributed by atoms with E-state index in [0.717, 1.165) is 4.31 Å². The molecule has 2 aliphatic rings. The first-order valence-electron chi connectivity index (χ1n) is 9.20. The van der Waals surface area contributed by atoms with Crippen molar-refractivity contribution in [3.05, 3.63) is 0 Å². The number of amides is 1. The van der Waals surface area contributed by atoms with Crippen LogP contribution in [0.4, 0.5) is 8.78 Å². The Kier molecular flexibility index (Phi) is 7.17. The van der Waals surface area contributed by atoms with E-state index in [-0.39, 0.29) is 38.4 Å². The van der Waals surface area contributed by atoms with Crippen molar-refractivity contribution in [3.63, 3.8) is 0 Å². The minimum absolute atomic E-state index is 0.195. The Balaban J connectivity index is 1.84. The number of nitrogens with one attached hydrogen (secondary N) is 1. The van der Waals surface area contributed by atoms with Gasteiger partial charge in [0, 0.05) is 59.7 Å². The zero-order chi connectivity index (χ0) is 20.3. The van der Waals surface area contributed by atoms with E-state index in [9.17, 15) is 27.1 Å². The molecule has 0 spiro atoms. The maximum atomic E-state index is 13.3. The van der Waals surface area contributed by atoms with Gasteiger partial charge in [0.1, 0.15) is 0 Å². The van der Waals surface area contributed by atoms with Gasteiger partial charge in [-0.25, -0.2) is 8.78 Å². The van der Waals surface area contributed by atoms with Crippen molar-refractivity contribution >= 4 is 16.1 Å². The number of alkyl halides is 2. The van der Waals surface area contributed by atoms with Crippen molar-refractivity contribution in [3.8, 4) is 0 Å². The number of piperidine rings is 1. The number of β-amino-alcohol motifs (C(OH)–C–C–N with tert-alkyl or cyclic N) is 1. The highest BCUT2D eigenvalue weighted by Crippen LogP contribution is 2.30. The van der Waals surface area contributed by atoms with Crippen LogP contribution in [0.25, 0.3) is 0 Å². The van der Waals surface area contributed by atoms with Crippen molar-refractivity contribution in [1.29, 1.82) is 0 Å². The van der Waals surface area contributed by atoms with Crippen LogP contribution in [0.5, 0.6) is 0 Å². The van der Waals surface area contributed by atoms with Gasteiger partial charge in [0.25, 0.3) is 16.1 Å². The maximum absolute atomic E-state index is 13.3. The van der Waals surface area contributed by atoms with Crippen molar-refractivity contribution < 1.29 is 27.1 Å². The molecule has 2 aliphatic heterocycles. The number of rotatable bonds is 6. The zero-order valence-electron chi connectivity index (χ0n) is 16.0. The normalized spacial score (nSPS) is 27.6. The van der Waals surface area contributed by atoms with Crippen molar-refractivity contribution in [2.75, 3.05) is 53.4 Å². The molecule has 11 heteroatoms. The smallest absolute Gasteiger partial charge is 0.279 e. The molecular weight excluding hydrogens is 382 g/mol. The van der Waals surface area contributed by atoms with E-state index < -0.39 is 21.7 Å². The number of halogens is 2. The lowest BCUT2D eigenvalue weighted by Gasteiger charge is -2.37. The van der Waals surface area contributed by atoms with E-state index in [1.165, 1.54) is 14.1 Å². The first-order valence-corrected chi connectivity index (χ1v) is 10.6. The fourth-order valence-corrected chi connectivity index (χ4v) is 4.00. The molecule has 1 atom stereocenters. The fraction of sp³-hybridized carbons (Fsp3) is 0.938. The Labute approximate surface area is 159 Å². The van der Waals surface area contributed by atoms with Crippen molar-refractivity contribution in [2.45, 2.75) is 43.6 Å². The third-order valence-electron chi connectivity index (χ3n) is 5.26. The summed E-state index contributed by atoms with van der Waals surface area (Å²) in [6.07, 6.45) is 1.01. The van der Waals surface area contributed by atoms with Crippen LogP contribution < -0.4 is 4.72 Å². The molecule has 8 nitrogen and oxygen atoms in total. The molecule has 2 N–H and O–H groups in total. The maximum Gasteiger partial charge on any atom is 0.279 e. The molecule has 2 heterocycles. The predicted molar refractivity (Wildman–Crippen MR) is 96.6 cm³/mol. The monoisotopic (exact) mass is 412 g/mol. The van der Waals surface area contributed by atoms with Crippen molar-refractivity contribution in [1.82, 2.24) is 18.8 Å². The molecule has 158 valence electrons. The first-order chi connectivity index (χ1) is 12.4. The number of hydrogen-bond acceptors (Lipinski definition) is 5. The Morgan fingerprint density at radius 3 is 2.33 bits per heavy atom. The Morgan fingerprint density at radius 2 is 1.74 bits per heavy atom. The molecule has 27 heavy (non-hydrogen) atoms. The second-order valence-electron chi connectivity index (χ2n) is 7.70. The first kappa shape index (κ1) is 22.4. The second kappa shape index (κ2) is 8.64. The molecule has 2 rings (SSSR count). The summed E-state index contributed by atoms with van der Waals surface area (Å²) in [6, 6.07) is 0. The van der Waals surface area contributed by atoms with E-state index in [0.29, 0.717) is 38.9 Å². The predicted octanol–water partition coefficient (Wildman–Crippen LogP) is -0.143. The van der Waals surface area contributed by atoms with Gasteiger partial charge < -0.3 is 14.9 Å². The third-order valence-corrected chi connectivity index (χ3v) is 6.73. The van der Waals surface area contributed by atoms with Gasteiger partial charge in [-0.15, -0.1) is 0 Å². The summed E-state index contributed by atoms with van der Waals surface area (Å²) in [5.41, 5.74) is -1.02. The van der Waals surface area contributed by atoms with Crippen LogP contribution in [-0.2, 0) is 15.0 Å². The van der Waals surface area contributed by atoms with Gasteiger partial charge in [0.05, 0.1) is 12.1 Å². The molecule has 2 fully saturated rings. The van der Waals surface area contributed by atoms with Crippen LogP contribution in [0.3, 0.4) is 0 Å². The average Bonchev–Trinajstić information content (AvgIpc) is 2.77. The number of likely N-dealkylation sites (tertiary alicyclic amines) is 2. The summed E-state index contributed by atoms with van der Waals surface area (Å²) in [4.78, 5) is 15.7. The van der Waals surface area contributed by atoms with E-state index >= 15 is 0 Å². The Morgan fingerprint density at radius 1 is 1.11 bits per heavy atom. The highest BCUT2D eigenvalue weighted by molar-refractivity contribution is 7.87. The summed E-state index contributed by atoms with van der Waals surface area (Å²) in [6.45, 7) is 1.24. The van der Waals surface area contributed by atoms with Gasteiger partial charge in [-0.05, 0) is 19.3 Å². The topological polar surface area (TPSA) is 93.2 Å². The molecule has 0 aromatic rings. The third kappa shape index (κ3) is 6.60. The Hall–Kier alpha value is -0.880. The number of carbonyl (C=O) groups is 1. The number of hydrogen-bond donors (Lipinski definition) is 2. The lowest BCUT2D eigenvalue weighted by molar-refractivity contribution is -0.130. The van der Waals surface area contributed by atoms with Crippen LogP contribution in [0.2, 0.25) is 0 Å². The molecule has 0 saturated carbocycles. The second-order valence-corrected chi connectivity index (χ2v) is 9.67. The SMILES string of the molecule is CN(C)S(=O)(=O)NCC(=O)N1CCC[C@@](O)(CN2CCC(F)(F)CC2)CC1. The summed E-state index contributed by atoms with van der Waals surface area (Å²) in [5.74, 6) is -2.96. The molecule has 0 bridgehead atoms. The quantitative estimate of drug-likeness (QED) is 0.633. The standard InChI is InChI=1S/C16H30F2N4O4S/c1-20(2)27(25,26)19-12-14(23)22-8-3-4-15(24,5-11-22)13-21-9-6-16(17,18)7-10-21/h19,24H,3-13H2,1-2H3/t15-/m0/s1. The molecule has 0 aromatic carbocycles. The molecular formula is C16H30F2N4O4S. The van der Waals surface area contributed by atoms with Gasteiger partial charge in [-0.3, -0.25) is 4.79 Å². The molecule has 0 aliphatic carbocycles. The largest absolute Gasteiger partial charge is 0.388 e. The van der Waals surface area contributed by atoms with E-state index in [4.69, 9.17) is 0 Å². The summed E-state index contributed by atoms with van der Waals surface area (Å²) in [7, 11) is -0.933. The zero-order valence-corrected chi connectivity index (χ0v) is 16.8. The van der Waals surface area contributed by atoms with Gasteiger partial charge in [-0.2, -0.15) is 17.4 Å². The van der Waals surface area contributed by atoms with Crippen LogP contribution in [0.1, 0.15) is 32.1 Å². The Bertz CT molecular complexity index is 622. The average molecular weight is 413 g/mol. The molecule has 1 amide bonds. The molecule has 0 unspecified atom stereocenters. The lowest BCUT2D eigenvalue weighted by atomic mass is 9.93. The highest BCUT2D eigenvalue weighted by Gasteiger charge is 2.38. The minimum Gasteiger partial charge on any atom is -0.388 e. The summed E-state index contributed by atoms with van der Waals surface area (Å²) in [5, 5.41) is 10.9. The van der Waals surface area contributed by atoms with Crippen LogP contribution in [0.15, 0.2) is 0 Å². The van der Waals surface area contributed by atoms with Crippen LogP contribution >= 0.6 is 0 Å². The molecule has 2 saturated heterocycles. The summed E-state index contributed by atoms with van der Waals surface area (Å²) < 4.78 is 53.2. The summed E-state index contributed by atoms with van der Waals surface area (Å²) >= 11 is 0. The number of carbonyl (C=O) groups excluding carboxylic acids is 1. The molecule has 0 radical (unpaired) electrons. The highest BCUT2D eigenvalue weighted by atomic mass is 32.2. The van der Waals surface area contributed by atoms with Gasteiger partial charge in [0.15, 0.2) is 0 Å². The number of nitrogens with zero attached hydrogens (tertiary/aromatic N) is 3. The van der Waals surface area contributed by atoms with E-state index in [1.807, 2.05) is 4.90 Å². The fourth-order valence-electron chi connectivity index (χ4n) is 3.43. The van der Waals surface area contributed by atoms with Crippen LogP contribution in [0, 0.1) is 0 Å². The van der Waals surface area contributed by atoms with E-state index in [1.54, 1.807) is 4.90 Å². The van der Waals surface area contributed by atoms with Gasteiger partial charge >= 0.3 is 0 Å². The van der Waals surface area contributed by atoms with Crippen molar-refractivity contribution in [2.24, 2.45) is 0 Å². The lowest BCUT2D eigenvalue weighted by Crippen LogP contribution is -2.49. The van der Waals surface area contributed by atoms with Gasteiger partial charge in [-0.1, -0.05) is 0 Å². The van der Waals surface area contributed by atoms with Gasteiger partial charge in [0.2, 0.25) is 5.91 Å². The number of aliphatic hydroxyl groups is 1. The van der Waals surface area contributed by atoms with Crippen LogP contribution in [-0.4, -0.2) is 98.4 Å².